The first-order valence-corrected chi connectivity index (χ1v) is 8.50. The van der Waals surface area contributed by atoms with Crippen molar-refractivity contribution in [1.29, 1.82) is 0 Å². The van der Waals surface area contributed by atoms with Crippen molar-refractivity contribution in [2.45, 2.75) is 16.2 Å². The van der Waals surface area contributed by atoms with E-state index in [-0.39, 0.29) is 9.79 Å². The number of amidine groups is 2. The summed E-state index contributed by atoms with van der Waals surface area (Å²) in [7, 11) is -3.66. The van der Waals surface area contributed by atoms with Crippen molar-refractivity contribution < 1.29 is 8.42 Å². The van der Waals surface area contributed by atoms with Crippen LogP contribution in [0.4, 0.5) is 5.69 Å². The summed E-state index contributed by atoms with van der Waals surface area (Å²) in [5.74, 6) is 0.708. The summed E-state index contributed by atoms with van der Waals surface area (Å²) < 4.78 is 25.5. The number of sulfone groups is 1. The summed E-state index contributed by atoms with van der Waals surface area (Å²) in [6, 6.07) is 14.7. The molecule has 0 aromatic heterocycles. The predicted molar refractivity (Wildman–Crippen MR) is 90.5 cm³/mol. The molecule has 0 saturated heterocycles. The molecule has 0 aliphatic carbocycles. The van der Waals surface area contributed by atoms with Crippen LogP contribution in [-0.2, 0) is 9.84 Å². The Bertz CT molecular complexity index is 935. The lowest BCUT2D eigenvalue weighted by molar-refractivity contribution is 0.596. The number of anilines is 1. The maximum absolute atomic E-state index is 12.7. The Morgan fingerprint density at radius 2 is 1.71 bits per heavy atom. The van der Waals surface area contributed by atoms with Crippen LogP contribution < -0.4 is 11.2 Å². The Morgan fingerprint density at radius 3 is 2.42 bits per heavy atom. The minimum Gasteiger partial charge on any atom is -0.385 e. The molecule has 0 atom stereocenters. The molecule has 0 bridgehead atoms. The lowest BCUT2D eigenvalue weighted by atomic mass is 10.3. The normalized spacial score (nSPS) is 14.5. The number of hydrogen-bond acceptors (Lipinski definition) is 7. The van der Waals surface area contributed by atoms with Crippen LogP contribution in [0.25, 0.3) is 0 Å². The Kier molecular flexibility index (Phi) is 4.34. The van der Waals surface area contributed by atoms with Gasteiger partial charge in [-0.25, -0.2) is 8.42 Å². The van der Waals surface area contributed by atoms with Gasteiger partial charge in [-0.05, 0) is 24.3 Å². The van der Waals surface area contributed by atoms with Gasteiger partial charge in [0.05, 0.1) is 21.9 Å². The van der Waals surface area contributed by atoms with Crippen molar-refractivity contribution in [3.8, 4) is 0 Å². The fourth-order valence-corrected chi connectivity index (χ4v) is 3.50. The maximum atomic E-state index is 12.7. The molecule has 24 heavy (non-hydrogen) atoms. The molecule has 0 unspecified atom stereocenters. The fraction of sp³-hybridized carbons (Fsp3) is 0.0667. The number of rotatable bonds is 4. The van der Waals surface area contributed by atoms with Crippen LogP contribution in [0, 0.1) is 0 Å². The van der Waals surface area contributed by atoms with Crippen molar-refractivity contribution in [2.75, 3.05) is 5.43 Å². The molecular formula is C15H14N6O2S. The van der Waals surface area contributed by atoms with Gasteiger partial charge in [-0.3, -0.25) is 5.43 Å². The van der Waals surface area contributed by atoms with Gasteiger partial charge in [-0.15, -0.1) is 15.3 Å². The zero-order valence-electron chi connectivity index (χ0n) is 12.5. The topological polar surface area (TPSA) is 122 Å². The van der Waals surface area contributed by atoms with E-state index >= 15 is 0 Å². The molecule has 1 aliphatic rings. The second-order valence-electron chi connectivity index (χ2n) is 4.91. The Hall–Kier alpha value is -3.07. The minimum atomic E-state index is -3.66. The maximum Gasteiger partial charge on any atom is 0.208 e. The summed E-state index contributed by atoms with van der Waals surface area (Å²) >= 11 is 0. The molecule has 0 saturated carbocycles. The van der Waals surface area contributed by atoms with Gasteiger partial charge in [-0.2, -0.15) is 0 Å². The number of benzene rings is 2. The molecular weight excluding hydrogens is 328 g/mol. The van der Waals surface area contributed by atoms with E-state index in [9.17, 15) is 8.42 Å². The van der Waals surface area contributed by atoms with E-state index < -0.39 is 9.84 Å². The van der Waals surface area contributed by atoms with Crippen LogP contribution >= 0.6 is 0 Å². The van der Waals surface area contributed by atoms with E-state index in [1.165, 1.54) is 6.07 Å². The highest BCUT2D eigenvalue weighted by Gasteiger charge is 2.20. The van der Waals surface area contributed by atoms with Gasteiger partial charge in [0.25, 0.3) is 0 Å². The molecule has 0 spiro atoms. The van der Waals surface area contributed by atoms with Crippen molar-refractivity contribution in [3.63, 3.8) is 0 Å². The quantitative estimate of drug-likeness (QED) is 0.654. The molecule has 2 aromatic carbocycles. The highest BCUT2D eigenvalue weighted by molar-refractivity contribution is 7.91. The monoisotopic (exact) mass is 342 g/mol. The van der Waals surface area contributed by atoms with Crippen LogP contribution in [0.15, 0.2) is 84.9 Å². The van der Waals surface area contributed by atoms with Crippen LogP contribution in [0.2, 0.25) is 0 Å². The van der Waals surface area contributed by atoms with Gasteiger partial charge >= 0.3 is 0 Å². The molecule has 0 fully saturated rings. The van der Waals surface area contributed by atoms with E-state index in [1.54, 1.807) is 48.5 Å². The number of nitrogens with zero attached hydrogens (tertiary/aromatic N) is 4. The van der Waals surface area contributed by atoms with Crippen molar-refractivity contribution in [3.05, 3.63) is 54.6 Å². The largest absolute Gasteiger partial charge is 0.385 e. The summed E-state index contributed by atoms with van der Waals surface area (Å²) in [4.78, 5) is 0.316. The van der Waals surface area contributed by atoms with Gasteiger partial charge in [0.2, 0.25) is 9.84 Å². The zero-order valence-corrected chi connectivity index (χ0v) is 13.3. The number of nitrogens with one attached hydrogen (secondary N) is 1. The van der Waals surface area contributed by atoms with Gasteiger partial charge in [-0.1, -0.05) is 35.6 Å². The Balaban J connectivity index is 1.85. The molecule has 122 valence electrons. The first-order valence-electron chi connectivity index (χ1n) is 7.02. The standard InChI is InChI=1S/C15H14N6O2S/c16-14-10-15(19-18-14)20-21-17-12-8-4-5-9-13(12)24(22,23)11-6-2-1-3-7-11/h1-9H,10H2,(H2,16,18)(H,17,19,20). The van der Waals surface area contributed by atoms with Crippen LogP contribution in [0.1, 0.15) is 6.42 Å². The lowest BCUT2D eigenvalue weighted by Crippen LogP contribution is -2.10. The average molecular weight is 342 g/mol. The van der Waals surface area contributed by atoms with Gasteiger partial charge < -0.3 is 5.73 Å². The highest BCUT2D eigenvalue weighted by Crippen LogP contribution is 2.27. The Labute approximate surface area is 138 Å². The van der Waals surface area contributed by atoms with Crippen molar-refractivity contribution in [2.24, 2.45) is 26.3 Å². The molecule has 8 nitrogen and oxygen atoms in total. The average Bonchev–Trinajstić information content (AvgIpc) is 3.01. The van der Waals surface area contributed by atoms with E-state index in [0.29, 0.717) is 23.8 Å². The third kappa shape index (κ3) is 3.30. The second kappa shape index (κ2) is 6.59. The summed E-state index contributed by atoms with van der Waals surface area (Å²) in [5.41, 5.74) is 8.44. The van der Waals surface area contributed by atoms with E-state index in [1.807, 2.05) is 0 Å². The van der Waals surface area contributed by atoms with Crippen LogP contribution in [0.5, 0.6) is 0 Å². The SMILES string of the molecule is NC1=NN=C(N=NNc2ccccc2S(=O)(=O)c2ccccc2)C1. The van der Waals surface area contributed by atoms with Crippen molar-refractivity contribution in [1.82, 2.24) is 0 Å². The lowest BCUT2D eigenvalue weighted by Gasteiger charge is -2.09. The predicted octanol–water partition coefficient (Wildman–Crippen LogP) is 2.37. The van der Waals surface area contributed by atoms with E-state index in [0.717, 1.165) is 0 Å². The highest BCUT2D eigenvalue weighted by atomic mass is 32.2. The minimum absolute atomic E-state index is 0.110. The summed E-state index contributed by atoms with van der Waals surface area (Å²) in [6.07, 6.45) is 0.315. The molecule has 9 heteroatoms. The molecule has 0 amide bonds. The molecule has 1 aliphatic heterocycles. The number of para-hydroxylation sites is 1. The molecule has 1 heterocycles. The van der Waals surface area contributed by atoms with E-state index in [2.05, 4.69) is 26.0 Å². The first kappa shape index (κ1) is 15.8. The number of nitrogens with two attached hydrogens (primary N) is 1. The third-order valence-electron chi connectivity index (χ3n) is 3.20. The van der Waals surface area contributed by atoms with Gasteiger partial charge in [0, 0.05) is 0 Å². The second-order valence-corrected chi connectivity index (χ2v) is 6.83. The summed E-state index contributed by atoms with van der Waals surface area (Å²) in [6.45, 7) is 0. The zero-order chi connectivity index (χ0) is 17.0. The molecule has 0 radical (unpaired) electrons. The van der Waals surface area contributed by atoms with E-state index in [4.69, 9.17) is 5.73 Å². The number of hydrogen-bond donors (Lipinski definition) is 2. The van der Waals surface area contributed by atoms with Crippen LogP contribution in [0.3, 0.4) is 0 Å². The van der Waals surface area contributed by atoms with Gasteiger partial charge in [0.15, 0.2) is 5.84 Å². The fourth-order valence-electron chi connectivity index (χ4n) is 2.07. The van der Waals surface area contributed by atoms with Crippen molar-refractivity contribution >= 4 is 27.2 Å². The smallest absolute Gasteiger partial charge is 0.208 e. The molecule has 3 N–H and O–H groups in total. The first-order chi connectivity index (χ1) is 11.6. The summed E-state index contributed by atoms with van der Waals surface area (Å²) in [5, 5.41) is 15.0. The van der Waals surface area contributed by atoms with Crippen LogP contribution in [-0.4, -0.2) is 20.1 Å². The third-order valence-corrected chi connectivity index (χ3v) is 5.03. The molecule has 2 aromatic rings. The molecule has 3 rings (SSSR count). The Morgan fingerprint density at radius 1 is 1.00 bits per heavy atom. The van der Waals surface area contributed by atoms with Gasteiger partial charge in [0.1, 0.15) is 5.84 Å².